The van der Waals surface area contributed by atoms with Crippen molar-refractivity contribution in [3.63, 3.8) is 0 Å². The van der Waals surface area contributed by atoms with Crippen LogP contribution in [0.25, 0.3) is 11.3 Å². The molecule has 0 bridgehead atoms. The minimum atomic E-state index is -5.00. The van der Waals surface area contributed by atoms with Crippen molar-refractivity contribution in [2.24, 2.45) is 0 Å². The number of anilines is 3. The molecule has 4 N–H and O–H groups in total. The normalized spacial score (nSPS) is 14.1. The Hall–Kier alpha value is -4.30. The second-order valence-corrected chi connectivity index (χ2v) is 7.93. The SMILES string of the molecule is Nc1ccc(-c2ccc(NC(=O)c3ccc(OC(F)(F)F)c(NC(=O)CN4CCOCC4)c3)nn2)cn1. The topological polar surface area (TPSA) is 145 Å². The van der Waals surface area contributed by atoms with E-state index in [-0.39, 0.29) is 23.6 Å². The maximum atomic E-state index is 12.9. The van der Waals surface area contributed by atoms with Gasteiger partial charge >= 0.3 is 6.36 Å². The van der Waals surface area contributed by atoms with E-state index >= 15 is 0 Å². The van der Waals surface area contributed by atoms with Gasteiger partial charge in [-0.1, -0.05) is 0 Å². The van der Waals surface area contributed by atoms with Gasteiger partial charge in [0.25, 0.3) is 5.91 Å². The van der Waals surface area contributed by atoms with E-state index < -0.39 is 23.9 Å². The van der Waals surface area contributed by atoms with E-state index in [4.69, 9.17) is 10.5 Å². The lowest BCUT2D eigenvalue weighted by atomic mass is 10.1. The zero-order valence-electron chi connectivity index (χ0n) is 19.3. The lowest BCUT2D eigenvalue weighted by molar-refractivity contribution is -0.274. The van der Waals surface area contributed by atoms with Crippen molar-refractivity contribution in [2.75, 3.05) is 49.2 Å². The minimum absolute atomic E-state index is 0.0372. The lowest BCUT2D eigenvalue weighted by Gasteiger charge is -2.26. The van der Waals surface area contributed by atoms with Crippen molar-refractivity contribution < 1.29 is 32.2 Å². The molecule has 2 aromatic heterocycles. The maximum absolute atomic E-state index is 12.9. The van der Waals surface area contributed by atoms with Crippen LogP contribution in [0.5, 0.6) is 5.75 Å². The van der Waals surface area contributed by atoms with Gasteiger partial charge in [-0.25, -0.2) is 4.98 Å². The van der Waals surface area contributed by atoms with E-state index in [0.717, 1.165) is 18.2 Å². The van der Waals surface area contributed by atoms with Crippen molar-refractivity contribution in [2.45, 2.75) is 6.36 Å². The molecule has 14 heteroatoms. The summed E-state index contributed by atoms with van der Waals surface area (Å²) in [5.41, 5.74) is 6.38. The van der Waals surface area contributed by atoms with E-state index in [1.165, 1.54) is 12.3 Å². The van der Waals surface area contributed by atoms with E-state index in [0.29, 0.717) is 43.4 Å². The second-order valence-electron chi connectivity index (χ2n) is 7.93. The van der Waals surface area contributed by atoms with Gasteiger partial charge in [-0.15, -0.1) is 23.4 Å². The molecule has 194 valence electrons. The molecule has 37 heavy (non-hydrogen) atoms. The molecule has 11 nitrogen and oxygen atoms in total. The average Bonchev–Trinajstić information content (AvgIpc) is 2.86. The first-order chi connectivity index (χ1) is 17.7. The van der Waals surface area contributed by atoms with Crippen molar-refractivity contribution >= 4 is 29.1 Å². The third-order valence-electron chi connectivity index (χ3n) is 5.20. The van der Waals surface area contributed by atoms with Crippen molar-refractivity contribution in [3.8, 4) is 17.0 Å². The van der Waals surface area contributed by atoms with E-state index in [1.54, 1.807) is 23.1 Å². The van der Waals surface area contributed by atoms with Crippen LogP contribution in [0.1, 0.15) is 10.4 Å². The van der Waals surface area contributed by atoms with Crippen LogP contribution in [0.2, 0.25) is 0 Å². The van der Waals surface area contributed by atoms with Crippen molar-refractivity contribution in [3.05, 3.63) is 54.2 Å². The minimum Gasteiger partial charge on any atom is -0.404 e. The molecular formula is C23H22F3N7O4. The van der Waals surface area contributed by atoms with Crippen molar-refractivity contribution in [1.29, 1.82) is 0 Å². The number of benzene rings is 1. The maximum Gasteiger partial charge on any atom is 0.573 e. The van der Waals surface area contributed by atoms with Crippen molar-refractivity contribution in [1.82, 2.24) is 20.1 Å². The summed E-state index contributed by atoms with van der Waals surface area (Å²) in [6.45, 7) is 1.86. The number of ether oxygens (including phenoxy) is 2. The molecule has 0 saturated carbocycles. The van der Waals surface area contributed by atoms with E-state index in [1.807, 2.05) is 0 Å². The number of alkyl halides is 3. The Morgan fingerprint density at radius 2 is 1.84 bits per heavy atom. The summed E-state index contributed by atoms with van der Waals surface area (Å²) < 4.78 is 47.9. The Balaban J connectivity index is 1.48. The number of nitrogens with two attached hydrogens (primary N) is 1. The average molecular weight is 517 g/mol. The molecule has 0 radical (unpaired) electrons. The molecular weight excluding hydrogens is 495 g/mol. The monoisotopic (exact) mass is 517 g/mol. The summed E-state index contributed by atoms with van der Waals surface area (Å²) in [4.78, 5) is 31.0. The van der Waals surface area contributed by atoms with Gasteiger partial charge in [-0.05, 0) is 42.5 Å². The molecule has 2 amide bonds. The van der Waals surface area contributed by atoms with Crippen LogP contribution >= 0.6 is 0 Å². The Labute approximate surface area is 208 Å². The number of hydrogen-bond donors (Lipinski definition) is 3. The fourth-order valence-electron chi connectivity index (χ4n) is 3.43. The van der Waals surface area contributed by atoms with Gasteiger partial charge in [0.1, 0.15) is 5.82 Å². The third-order valence-corrected chi connectivity index (χ3v) is 5.20. The molecule has 0 aliphatic carbocycles. The number of morpholine rings is 1. The summed E-state index contributed by atoms with van der Waals surface area (Å²) in [6.07, 6.45) is -3.47. The number of nitrogen functional groups attached to an aromatic ring is 1. The van der Waals surface area contributed by atoms with E-state index in [9.17, 15) is 22.8 Å². The summed E-state index contributed by atoms with van der Waals surface area (Å²) in [6, 6.07) is 9.61. The number of carbonyl (C=O) groups is 2. The zero-order chi connectivity index (χ0) is 26.4. The van der Waals surface area contributed by atoms with Gasteiger partial charge in [0.2, 0.25) is 5.91 Å². The van der Waals surface area contributed by atoms with Gasteiger partial charge in [-0.3, -0.25) is 14.5 Å². The summed E-state index contributed by atoms with van der Waals surface area (Å²) in [7, 11) is 0. The number of rotatable bonds is 7. The first-order valence-electron chi connectivity index (χ1n) is 11.0. The first kappa shape index (κ1) is 25.8. The van der Waals surface area contributed by atoms with Crippen LogP contribution in [0.15, 0.2) is 48.7 Å². The number of amides is 2. The van der Waals surface area contributed by atoms with Crippen LogP contribution in [0.3, 0.4) is 0 Å². The van der Waals surface area contributed by atoms with Crippen LogP contribution in [-0.2, 0) is 9.53 Å². The molecule has 3 heterocycles. The highest BCUT2D eigenvalue weighted by Gasteiger charge is 2.32. The predicted octanol–water partition coefficient (Wildman–Crippen LogP) is 2.54. The smallest absolute Gasteiger partial charge is 0.404 e. The van der Waals surface area contributed by atoms with Crippen LogP contribution in [-0.4, -0.2) is 71.1 Å². The fraction of sp³-hybridized carbons (Fsp3) is 0.261. The van der Waals surface area contributed by atoms with Gasteiger partial charge in [-0.2, -0.15) is 0 Å². The van der Waals surface area contributed by atoms with Gasteiger partial charge in [0.05, 0.1) is 31.1 Å². The molecule has 0 unspecified atom stereocenters. The largest absolute Gasteiger partial charge is 0.573 e. The first-order valence-corrected chi connectivity index (χ1v) is 11.0. The Bertz CT molecular complexity index is 1250. The molecule has 4 rings (SSSR count). The van der Waals surface area contributed by atoms with Crippen LogP contribution in [0, 0.1) is 0 Å². The molecule has 0 atom stereocenters. The second kappa shape index (κ2) is 11.2. The molecule has 1 aromatic carbocycles. The van der Waals surface area contributed by atoms with Gasteiger partial charge in [0.15, 0.2) is 11.6 Å². The molecule has 0 spiro atoms. The summed E-state index contributed by atoms with van der Waals surface area (Å²) in [5, 5.41) is 12.9. The van der Waals surface area contributed by atoms with Gasteiger partial charge < -0.3 is 25.8 Å². The number of aromatic nitrogens is 3. The van der Waals surface area contributed by atoms with Crippen LogP contribution < -0.4 is 21.1 Å². The summed E-state index contributed by atoms with van der Waals surface area (Å²) >= 11 is 0. The fourth-order valence-corrected chi connectivity index (χ4v) is 3.43. The number of halogens is 3. The molecule has 1 fully saturated rings. The standard InChI is InChI=1S/C23H22F3N7O4/c24-23(25,26)37-18-4-1-14(11-17(18)29-21(34)13-33-7-9-36-10-8-33)22(35)30-20-6-3-16(31-32-20)15-2-5-19(27)28-12-15/h1-6,11-12H,7-10,13H2,(H2,27,28)(H,29,34)(H,30,32,35). The quantitative estimate of drug-likeness (QED) is 0.431. The number of nitrogens with one attached hydrogen (secondary N) is 2. The number of nitrogens with zero attached hydrogens (tertiary/aromatic N) is 4. The number of pyridine rings is 1. The van der Waals surface area contributed by atoms with E-state index in [2.05, 4.69) is 30.6 Å². The highest BCUT2D eigenvalue weighted by Crippen LogP contribution is 2.31. The Kier molecular flexibility index (Phi) is 7.79. The molecule has 1 saturated heterocycles. The number of carbonyl (C=O) groups excluding carboxylic acids is 2. The predicted molar refractivity (Wildman–Crippen MR) is 127 cm³/mol. The number of hydrogen-bond acceptors (Lipinski definition) is 9. The highest BCUT2D eigenvalue weighted by molar-refractivity contribution is 6.05. The molecule has 3 aromatic rings. The van der Waals surface area contributed by atoms with Gasteiger partial charge in [0, 0.05) is 30.4 Å². The molecule has 1 aliphatic rings. The van der Waals surface area contributed by atoms with Crippen LogP contribution in [0.4, 0.5) is 30.5 Å². The lowest BCUT2D eigenvalue weighted by Crippen LogP contribution is -2.41. The zero-order valence-corrected chi connectivity index (χ0v) is 19.3. The summed E-state index contributed by atoms with van der Waals surface area (Å²) in [5.74, 6) is -1.45. The third kappa shape index (κ3) is 7.35. The Morgan fingerprint density at radius 3 is 2.49 bits per heavy atom. The highest BCUT2D eigenvalue weighted by atomic mass is 19.4. The molecule has 1 aliphatic heterocycles. The Morgan fingerprint density at radius 1 is 1.05 bits per heavy atom.